The number of rotatable bonds is 5. The fourth-order valence-corrected chi connectivity index (χ4v) is 2.89. The van der Waals surface area contributed by atoms with E-state index in [0.29, 0.717) is 0 Å². The summed E-state index contributed by atoms with van der Waals surface area (Å²) in [6.45, 7) is 10.8. The lowest BCUT2D eigenvalue weighted by atomic mass is 9.94. The van der Waals surface area contributed by atoms with Crippen molar-refractivity contribution in [2.75, 3.05) is 26.7 Å². The summed E-state index contributed by atoms with van der Waals surface area (Å²) in [6.07, 6.45) is 2.25. The van der Waals surface area contributed by atoms with E-state index in [9.17, 15) is 0 Å². The Morgan fingerprint density at radius 3 is 2.64 bits per heavy atom. The van der Waals surface area contributed by atoms with E-state index in [1.807, 2.05) is 7.05 Å². The standard InChI is InChI=1S/C18H30N4/c1-5-11-20-17(19-4)21-14-18(2,3)22-12-10-15-8-6-7-9-16(15)13-22/h6-9H,5,10-14H2,1-4H3,(H2,19,20,21). The highest BCUT2D eigenvalue weighted by Gasteiger charge is 2.29. The Morgan fingerprint density at radius 1 is 1.23 bits per heavy atom. The Kier molecular flexibility index (Phi) is 5.83. The summed E-state index contributed by atoms with van der Waals surface area (Å²) >= 11 is 0. The zero-order valence-electron chi connectivity index (χ0n) is 14.4. The molecule has 22 heavy (non-hydrogen) atoms. The minimum Gasteiger partial charge on any atom is -0.356 e. The number of nitrogens with one attached hydrogen (secondary N) is 2. The van der Waals surface area contributed by atoms with Crippen LogP contribution in [0.1, 0.15) is 38.3 Å². The van der Waals surface area contributed by atoms with Crippen LogP contribution in [0.2, 0.25) is 0 Å². The van der Waals surface area contributed by atoms with Gasteiger partial charge in [0.15, 0.2) is 5.96 Å². The van der Waals surface area contributed by atoms with Crippen LogP contribution in [0.4, 0.5) is 0 Å². The molecule has 2 rings (SSSR count). The molecule has 0 aliphatic carbocycles. The quantitative estimate of drug-likeness (QED) is 0.648. The van der Waals surface area contributed by atoms with Gasteiger partial charge in [0, 0.05) is 38.8 Å². The molecule has 0 saturated heterocycles. The van der Waals surface area contributed by atoms with Gasteiger partial charge < -0.3 is 10.6 Å². The van der Waals surface area contributed by atoms with Crippen LogP contribution in [0.25, 0.3) is 0 Å². The molecular formula is C18H30N4. The molecule has 0 amide bonds. The highest BCUT2D eigenvalue weighted by atomic mass is 15.2. The third kappa shape index (κ3) is 4.23. The van der Waals surface area contributed by atoms with E-state index in [1.165, 1.54) is 11.1 Å². The molecule has 1 heterocycles. The van der Waals surface area contributed by atoms with E-state index >= 15 is 0 Å². The molecule has 0 aromatic heterocycles. The van der Waals surface area contributed by atoms with Gasteiger partial charge in [-0.2, -0.15) is 0 Å². The highest BCUT2D eigenvalue weighted by molar-refractivity contribution is 5.79. The minimum absolute atomic E-state index is 0.0946. The molecule has 1 aromatic carbocycles. The van der Waals surface area contributed by atoms with E-state index < -0.39 is 0 Å². The van der Waals surface area contributed by atoms with Gasteiger partial charge in [-0.1, -0.05) is 31.2 Å². The van der Waals surface area contributed by atoms with Crippen molar-refractivity contribution < 1.29 is 0 Å². The average molecular weight is 302 g/mol. The average Bonchev–Trinajstić information content (AvgIpc) is 2.54. The maximum absolute atomic E-state index is 4.29. The number of hydrogen-bond donors (Lipinski definition) is 2. The van der Waals surface area contributed by atoms with Gasteiger partial charge in [-0.3, -0.25) is 9.89 Å². The first-order valence-corrected chi connectivity index (χ1v) is 8.33. The first-order chi connectivity index (χ1) is 10.6. The zero-order valence-corrected chi connectivity index (χ0v) is 14.4. The SMILES string of the molecule is CCCNC(=NC)NCC(C)(C)N1CCc2ccccc2C1. The molecule has 0 saturated carbocycles. The predicted molar refractivity (Wildman–Crippen MR) is 94.3 cm³/mol. The van der Waals surface area contributed by atoms with E-state index in [4.69, 9.17) is 0 Å². The van der Waals surface area contributed by atoms with Crippen molar-refractivity contribution in [3.05, 3.63) is 35.4 Å². The molecule has 0 bridgehead atoms. The van der Waals surface area contributed by atoms with Gasteiger partial charge in [0.25, 0.3) is 0 Å². The van der Waals surface area contributed by atoms with Crippen molar-refractivity contribution in [1.29, 1.82) is 0 Å². The first kappa shape index (κ1) is 16.8. The normalized spacial score (nSPS) is 16.3. The number of fused-ring (bicyclic) bond motifs is 1. The Morgan fingerprint density at radius 2 is 1.95 bits per heavy atom. The molecule has 0 spiro atoms. The van der Waals surface area contributed by atoms with Crippen LogP contribution in [0.3, 0.4) is 0 Å². The summed E-state index contributed by atoms with van der Waals surface area (Å²) in [7, 11) is 1.83. The molecule has 4 heteroatoms. The number of nitrogens with zero attached hydrogens (tertiary/aromatic N) is 2. The Bertz CT molecular complexity index is 508. The van der Waals surface area contributed by atoms with Crippen molar-refractivity contribution >= 4 is 5.96 Å². The van der Waals surface area contributed by atoms with E-state index in [-0.39, 0.29) is 5.54 Å². The van der Waals surface area contributed by atoms with Gasteiger partial charge in [-0.15, -0.1) is 0 Å². The van der Waals surface area contributed by atoms with E-state index in [1.54, 1.807) is 0 Å². The predicted octanol–water partition coefficient (Wildman–Crippen LogP) is 2.40. The summed E-state index contributed by atoms with van der Waals surface area (Å²) in [5.74, 6) is 0.896. The molecule has 0 fully saturated rings. The third-order valence-corrected chi connectivity index (χ3v) is 4.44. The highest BCUT2D eigenvalue weighted by Crippen LogP contribution is 2.24. The Labute approximate surface area is 135 Å². The summed E-state index contributed by atoms with van der Waals surface area (Å²) in [6, 6.07) is 8.80. The molecule has 122 valence electrons. The van der Waals surface area contributed by atoms with Gasteiger partial charge in [-0.05, 0) is 37.8 Å². The second-order valence-corrected chi connectivity index (χ2v) is 6.61. The minimum atomic E-state index is 0.0946. The van der Waals surface area contributed by atoms with Crippen molar-refractivity contribution in [3.8, 4) is 0 Å². The molecule has 0 radical (unpaired) electrons. The number of aliphatic imine (C=N–C) groups is 1. The lowest BCUT2D eigenvalue weighted by Crippen LogP contribution is -2.54. The molecule has 4 nitrogen and oxygen atoms in total. The fourth-order valence-electron chi connectivity index (χ4n) is 2.89. The molecular weight excluding hydrogens is 272 g/mol. The largest absolute Gasteiger partial charge is 0.356 e. The van der Waals surface area contributed by atoms with Gasteiger partial charge in [0.2, 0.25) is 0 Å². The van der Waals surface area contributed by atoms with Crippen molar-refractivity contribution in [3.63, 3.8) is 0 Å². The molecule has 0 unspecified atom stereocenters. The van der Waals surface area contributed by atoms with Crippen LogP contribution in [0, 0.1) is 0 Å². The van der Waals surface area contributed by atoms with E-state index in [2.05, 4.69) is 65.6 Å². The maximum Gasteiger partial charge on any atom is 0.191 e. The van der Waals surface area contributed by atoms with Gasteiger partial charge in [0.1, 0.15) is 0 Å². The zero-order chi connectivity index (χ0) is 16.0. The van der Waals surface area contributed by atoms with Crippen LogP contribution in [0.5, 0.6) is 0 Å². The molecule has 0 atom stereocenters. The summed E-state index contributed by atoms with van der Waals surface area (Å²) in [4.78, 5) is 6.85. The second-order valence-electron chi connectivity index (χ2n) is 6.61. The fraction of sp³-hybridized carbons (Fsp3) is 0.611. The second kappa shape index (κ2) is 7.63. The molecule has 1 aliphatic heterocycles. The summed E-state index contributed by atoms with van der Waals surface area (Å²) in [5, 5.41) is 6.79. The Balaban J connectivity index is 1.93. The van der Waals surface area contributed by atoms with Gasteiger partial charge in [-0.25, -0.2) is 0 Å². The van der Waals surface area contributed by atoms with Crippen LogP contribution < -0.4 is 10.6 Å². The van der Waals surface area contributed by atoms with Crippen LogP contribution in [0.15, 0.2) is 29.3 Å². The maximum atomic E-state index is 4.29. The van der Waals surface area contributed by atoms with Gasteiger partial charge in [0.05, 0.1) is 0 Å². The van der Waals surface area contributed by atoms with Crippen LogP contribution >= 0.6 is 0 Å². The molecule has 1 aromatic rings. The topological polar surface area (TPSA) is 39.7 Å². The molecule has 2 N–H and O–H groups in total. The smallest absolute Gasteiger partial charge is 0.191 e. The van der Waals surface area contributed by atoms with Crippen molar-refractivity contribution in [1.82, 2.24) is 15.5 Å². The number of benzene rings is 1. The van der Waals surface area contributed by atoms with Gasteiger partial charge >= 0.3 is 0 Å². The first-order valence-electron chi connectivity index (χ1n) is 8.33. The van der Waals surface area contributed by atoms with Crippen molar-refractivity contribution in [2.45, 2.75) is 45.7 Å². The Hall–Kier alpha value is -1.55. The van der Waals surface area contributed by atoms with Crippen LogP contribution in [-0.4, -0.2) is 43.1 Å². The van der Waals surface area contributed by atoms with Crippen molar-refractivity contribution in [2.24, 2.45) is 4.99 Å². The molecule has 1 aliphatic rings. The summed E-state index contributed by atoms with van der Waals surface area (Å²) in [5.41, 5.74) is 3.07. The van der Waals surface area contributed by atoms with Crippen LogP contribution in [-0.2, 0) is 13.0 Å². The lowest BCUT2D eigenvalue weighted by molar-refractivity contribution is 0.107. The number of guanidine groups is 1. The third-order valence-electron chi connectivity index (χ3n) is 4.44. The summed E-state index contributed by atoms with van der Waals surface area (Å²) < 4.78 is 0. The van der Waals surface area contributed by atoms with E-state index in [0.717, 1.165) is 45.0 Å². The lowest BCUT2D eigenvalue weighted by Gasteiger charge is -2.42. The number of hydrogen-bond acceptors (Lipinski definition) is 2. The monoisotopic (exact) mass is 302 g/mol.